The van der Waals surface area contributed by atoms with E-state index in [9.17, 15) is 0 Å². The molecule has 0 bridgehead atoms. The maximum absolute atomic E-state index is 3.69. The second-order valence-corrected chi connectivity index (χ2v) is 8.11. The minimum atomic E-state index is 0.471. The molecule has 0 aromatic carbocycles. The highest BCUT2D eigenvalue weighted by Gasteiger charge is 2.41. The third kappa shape index (κ3) is 4.25. The Kier molecular flexibility index (Phi) is 10.0. The van der Waals surface area contributed by atoms with Crippen molar-refractivity contribution in [2.75, 3.05) is 9.76 Å². The number of halogens is 3. The second-order valence-electron chi connectivity index (χ2n) is 4.88. The third-order valence-corrected chi connectivity index (χ3v) is 7.97. The molecule has 3 heteroatoms. The van der Waals surface area contributed by atoms with Crippen molar-refractivity contribution in [1.29, 1.82) is 0 Å². The SMILES string of the molecule is CCC(I)[C@](C)(C(CC)CCI)[C@H](C)CBr. The first-order valence-corrected chi connectivity index (χ1v) is 10.1. The molecule has 0 amide bonds. The molecule has 0 nitrogen and oxygen atoms in total. The van der Waals surface area contributed by atoms with Crippen LogP contribution in [0.1, 0.15) is 47.0 Å². The Balaban J connectivity index is 5.01. The molecule has 0 aliphatic rings. The molecular formula is C13H25BrI2. The first-order valence-electron chi connectivity index (χ1n) is 6.24. The van der Waals surface area contributed by atoms with Crippen molar-refractivity contribution in [1.82, 2.24) is 0 Å². The minimum absolute atomic E-state index is 0.471. The molecule has 2 unspecified atom stereocenters. The average Bonchev–Trinajstić information content (AvgIpc) is 2.32. The van der Waals surface area contributed by atoms with Gasteiger partial charge in [-0.05, 0) is 34.5 Å². The van der Waals surface area contributed by atoms with Gasteiger partial charge in [0.25, 0.3) is 0 Å². The molecule has 16 heavy (non-hydrogen) atoms. The first kappa shape index (κ1) is 17.9. The second kappa shape index (κ2) is 8.94. The summed E-state index contributed by atoms with van der Waals surface area (Å²) in [6, 6.07) is 0. The Morgan fingerprint density at radius 3 is 2.12 bits per heavy atom. The maximum Gasteiger partial charge on any atom is 0.0166 e. The first-order chi connectivity index (χ1) is 7.48. The van der Waals surface area contributed by atoms with Crippen LogP contribution in [0.5, 0.6) is 0 Å². The highest BCUT2D eigenvalue weighted by molar-refractivity contribution is 14.1. The Hall–Kier alpha value is 1.94. The van der Waals surface area contributed by atoms with Crippen LogP contribution in [0.2, 0.25) is 0 Å². The topological polar surface area (TPSA) is 0 Å². The number of hydrogen-bond donors (Lipinski definition) is 0. The minimum Gasteiger partial charge on any atom is -0.0925 e. The van der Waals surface area contributed by atoms with Crippen molar-refractivity contribution in [3.8, 4) is 0 Å². The molecule has 0 spiro atoms. The molecule has 0 aliphatic heterocycles. The van der Waals surface area contributed by atoms with E-state index in [1.54, 1.807) is 0 Å². The van der Waals surface area contributed by atoms with Gasteiger partial charge in [0, 0.05) is 9.25 Å². The molecular weight excluding hydrogens is 490 g/mol. The van der Waals surface area contributed by atoms with Crippen molar-refractivity contribution in [2.45, 2.75) is 50.9 Å². The van der Waals surface area contributed by atoms with E-state index in [-0.39, 0.29) is 0 Å². The summed E-state index contributed by atoms with van der Waals surface area (Å²) in [4.78, 5) is 0. The zero-order valence-corrected chi connectivity index (χ0v) is 16.8. The maximum atomic E-state index is 3.69. The van der Waals surface area contributed by atoms with Crippen LogP contribution in [0.3, 0.4) is 0 Å². The van der Waals surface area contributed by atoms with E-state index < -0.39 is 0 Å². The van der Waals surface area contributed by atoms with Gasteiger partial charge in [-0.1, -0.05) is 95.2 Å². The Morgan fingerprint density at radius 1 is 1.25 bits per heavy atom. The van der Waals surface area contributed by atoms with Gasteiger partial charge < -0.3 is 0 Å². The lowest BCUT2D eigenvalue weighted by atomic mass is 9.64. The number of alkyl halides is 3. The average molecular weight is 515 g/mol. The predicted octanol–water partition coefficient (Wildman–Crippen LogP) is 6.09. The molecule has 0 saturated heterocycles. The van der Waals surface area contributed by atoms with E-state index in [4.69, 9.17) is 0 Å². The highest BCUT2D eigenvalue weighted by atomic mass is 127. The molecule has 0 radical (unpaired) electrons. The Bertz CT molecular complexity index is 175. The van der Waals surface area contributed by atoms with Crippen LogP contribution >= 0.6 is 61.1 Å². The van der Waals surface area contributed by atoms with E-state index in [1.807, 2.05) is 0 Å². The number of hydrogen-bond acceptors (Lipinski definition) is 0. The summed E-state index contributed by atoms with van der Waals surface area (Å²) in [6.45, 7) is 9.61. The molecule has 0 saturated carbocycles. The summed E-state index contributed by atoms with van der Waals surface area (Å²) in [5.41, 5.74) is 0.471. The summed E-state index contributed by atoms with van der Waals surface area (Å²) in [5.74, 6) is 1.61. The molecule has 98 valence electrons. The lowest BCUT2D eigenvalue weighted by Crippen LogP contribution is -2.42. The molecule has 0 heterocycles. The van der Waals surface area contributed by atoms with Gasteiger partial charge in [-0.25, -0.2) is 0 Å². The van der Waals surface area contributed by atoms with Crippen LogP contribution < -0.4 is 0 Å². The quantitative estimate of drug-likeness (QED) is 0.272. The number of rotatable bonds is 8. The van der Waals surface area contributed by atoms with Crippen LogP contribution in [-0.2, 0) is 0 Å². The van der Waals surface area contributed by atoms with E-state index in [1.165, 1.54) is 23.7 Å². The lowest BCUT2D eigenvalue weighted by Gasteiger charge is -2.45. The van der Waals surface area contributed by atoms with Crippen molar-refractivity contribution >= 4 is 61.1 Å². The van der Waals surface area contributed by atoms with Crippen LogP contribution in [0.25, 0.3) is 0 Å². The smallest absolute Gasteiger partial charge is 0.0166 e. The fourth-order valence-electron chi connectivity index (χ4n) is 2.66. The zero-order valence-electron chi connectivity index (χ0n) is 10.9. The molecule has 4 atom stereocenters. The Morgan fingerprint density at radius 2 is 1.81 bits per heavy atom. The molecule has 0 aromatic rings. The molecule has 0 aliphatic carbocycles. The van der Waals surface area contributed by atoms with E-state index in [0.29, 0.717) is 5.41 Å². The van der Waals surface area contributed by atoms with Crippen molar-refractivity contribution in [3.05, 3.63) is 0 Å². The predicted molar refractivity (Wildman–Crippen MR) is 96.4 cm³/mol. The monoisotopic (exact) mass is 514 g/mol. The standard InChI is InChI=1S/C13H25BrI2/c1-5-11(7-8-15)13(4,10(3)9-14)12(16)6-2/h10-12H,5-9H2,1-4H3/t10-,11?,12?,13+/m1/s1. The lowest BCUT2D eigenvalue weighted by molar-refractivity contribution is 0.109. The zero-order chi connectivity index (χ0) is 12.8. The van der Waals surface area contributed by atoms with Gasteiger partial charge in [0.2, 0.25) is 0 Å². The molecule has 0 fully saturated rings. The van der Waals surface area contributed by atoms with Gasteiger partial charge in [0.05, 0.1) is 0 Å². The van der Waals surface area contributed by atoms with Crippen molar-refractivity contribution in [2.24, 2.45) is 17.3 Å². The summed E-state index contributed by atoms with van der Waals surface area (Å²) >= 11 is 8.89. The van der Waals surface area contributed by atoms with E-state index >= 15 is 0 Å². The molecule has 0 rings (SSSR count). The van der Waals surface area contributed by atoms with Gasteiger partial charge in [-0.2, -0.15) is 0 Å². The van der Waals surface area contributed by atoms with Crippen LogP contribution in [-0.4, -0.2) is 13.7 Å². The van der Waals surface area contributed by atoms with E-state index in [0.717, 1.165) is 21.1 Å². The van der Waals surface area contributed by atoms with Crippen molar-refractivity contribution in [3.63, 3.8) is 0 Å². The normalized spacial score (nSPS) is 21.2. The summed E-state index contributed by atoms with van der Waals surface area (Å²) in [6.07, 6.45) is 3.97. The van der Waals surface area contributed by atoms with Gasteiger partial charge in [0.1, 0.15) is 0 Å². The summed E-state index contributed by atoms with van der Waals surface area (Å²) in [5, 5.41) is 1.13. The summed E-state index contributed by atoms with van der Waals surface area (Å²) in [7, 11) is 0. The van der Waals surface area contributed by atoms with E-state index in [2.05, 4.69) is 88.8 Å². The Labute approximate surface area is 138 Å². The largest absolute Gasteiger partial charge is 0.0925 e. The summed E-state index contributed by atoms with van der Waals surface area (Å²) < 4.78 is 2.07. The van der Waals surface area contributed by atoms with Crippen LogP contribution in [0.15, 0.2) is 0 Å². The van der Waals surface area contributed by atoms with Crippen LogP contribution in [0.4, 0.5) is 0 Å². The highest BCUT2D eigenvalue weighted by Crippen LogP contribution is 2.47. The van der Waals surface area contributed by atoms with Gasteiger partial charge in [0.15, 0.2) is 0 Å². The van der Waals surface area contributed by atoms with Gasteiger partial charge in [-0.15, -0.1) is 0 Å². The fraction of sp³-hybridized carbons (Fsp3) is 1.00. The fourth-order valence-corrected chi connectivity index (χ4v) is 5.23. The molecule has 0 N–H and O–H groups in total. The van der Waals surface area contributed by atoms with Gasteiger partial charge in [-0.3, -0.25) is 0 Å². The van der Waals surface area contributed by atoms with Crippen molar-refractivity contribution < 1.29 is 0 Å². The third-order valence-electron chi connectivity index (χ3n) is 4.16. The van der Waals surface area contributed by atoms with Gasteiger partial charge >= 0.3 is 0 Å². The molecule has 0 aromatic heterocycles. The van der Waals surface area contributed by atoms with Crippen LogP contribution in [0, 0.1) is 17.3 Å².